The molecule has 1 heterocycles. The SMILES string of the molecule is CNCCc1c(-c2ccc(F)c(F)c2)[nH]n(C)c1=O. The van der Waals surface area contributed by atoms with E-state index in [9.17, 15) is 13.6 Å². The lowest BCUT2D eigenvalue weighted by Crippen LogP contribution is -2.19. The van der Waals surface area contributed by atoms with Gasteiger partial charge in [0.15, 0.2) is 11.6 Å². The Morgan fingerprint density at radius 2 is 2.05 bits per heavy atom. The lowest BCUT2D eigenvalue weighted by Gasteiger charge is -2.03. The molecule has 19 heavy (non-hydrogen) atoms. The van der Waals surface area contributed by atoms with Gasteiger partial charge in [-0.05, 0) is 38.2 Å². The molecular weight excluding hydrogens is 252 g/mol. The van der Waals surface area contributed by atoms with Gasteiger partial charge in [-0.2, -0.15) is 0 Å². The second kappa shape index (κ2) is 5.36. The van der Waals surface area contributed by atoms with Crippen molar-refractivity contribution in [3.05, 3.63) is 45.8 Å². The van der Waals surface area contributed by atoms with Crippen molar-refractivity contribution in [1.29, 1.82) is 0 Å². The van der Waals surface area contributed by atoms with Crippen LogP contribution in [-0.4, -0.2) is 23.4 Å². The van der Waals surface area contributed by atoms with E-state index in [1.54, 1.807) is 14.1 Å². The fourth-order valence-corrected chi connectivity index (χ4v) is 1.97. The van der Waals surface area contributed by atoms with Crippen LogP contribution in [0.5, 0.6) is 0 Å². The fraction of sp³-hybridized carbons (Fsp3) is 0.308. The lowest BCUT2D eigenvalue weighted by atomic mass is 10.1. The zero-order valence-electron chi connectivity index (χ0n) is 10.8. The van der Waals surface area contributed by atoms with Gasteiger partial charge in [0.1, 0.15) is 0 Å². The number of aromatic amines is 1. The molecule has 0 unspecified atom stereocenters. The second-order valence-corrected chi connectivity index (χ2v) is 4.31. The number of aryl methyl sites for hydroxylation is 1. The van der Waals surface area contributed by atoms with Gasteiger partial charge in [0.2, 0.25) is 0 Å². The predicted octanol–water partition coefficient (Wildman–Crippen LogP) is 1.42. The van der Waals surface area contributed by atoms with Crippen LogP contribution in [0, 0.1) is 11.6 Å². The summed E-state index contributed by atoms with van der Waals surface area (Å²) < 4.78 is 27.5. The number of halogens is 2. The molecule has 0 saturated heterocycles. The van der Waals surface area contributed by atoms with E-state index in [4.69, 9.17) is 0 Å². The number of hydrogen-bond acceptors (Lipinski definition) is 2. The summed E-state index contributed by atoms with van der Waals surface area (Å²) in [6, 6.07) is 3.59. The van der Waals surface area contributed by atoms with E-state index in [0.29, 0.717) is 29.8 Å². The number of likely N-dealkylation sites (N-methyl/N-ethyl adjacent to an activating group) is 1. The molecule has 0 atom stereocenters. The molecule has 0 aliphatic heterocycles. The molecule has 2 aromatic rings. The van der Waals surface area contributed by atoms with E-state index >= 15 is 0 Å². The first-order chi connectivity index (χ1) is 9.04. The molecule has 0 bridgehead atoms. The summed E-state index contributed by atoms with van der Waals surface area (Å²) >= 11 is 0. The van der Waals surface area contributed by atoms with Crippen molar-refractivity contribution in [1.82, 2.24) is 15.1 Å². The molecule has 6 heteroatoms. The van der Waals surface area contributed by atoms with E-state index in [-0.39, 0.29) is 5.56 Å². The molecular formula is C13H15F2N3O. The summed E-state index contributed by atoms with van der Waals surface area (Å²) in [6.45, 7) is 0.629. The molecule has 0 fully saturated rings. The van der Waals surface area contributed by atoms with Crippen molar-refractivity contribution < 1.29 is 8.78 Å². The van der Waals surface area contributed by atoms with Crippen LogP contribution in [0.25, 0.3) is 11.3 Å². The maximum atomic E-state index is 13.3. The Balaban J connectivity index is 2.51. The van der Waals surface area contributed by atoms with Gasteiger partial charge in [-0.3, -0.25) is 14.6 Å². The van der Waals surface area contributed by atoms with E-state index in [1.807, 2.05) is 0 Å². The van der Waals surface area contributed by atoms with Crippen LogP contribution in [0.1, 0.15) is 5.56 Å². The van der Waals surface area contributed by atoms with Gasteiger partial charge < -0.3 is 5.32 Å². The van der Waals surface area contributed by atoms with Crippen LogP contribution in [0.15, 0.2) is 23.0 Å². The van der Waals surface area contributed by atoms with Gasteiger partial charge in [0.05, 0.1) is 5.69 Å². The maximum absolute atomic E-state index is 13.3. The molecule has 0 spiro atoms. The summed E-state index contributed by atoms with van der Waals surface area (Å²) in [7, 11) is 3.38. The maximum Gasteiger partial charge on any atom is 0.270 e. The Hall–Kier alpha value is -1.95. The highest BCUT2D eigenvalue weighted by Gasteiger charge is 2.15. The summed E-state index contributed by atoms with van der Waals surface area (Å²) in [5.74, 6) is -1.83. The molecule has 2 N–H and O–H groups in total. The average Bonchev–Trinajstić information content (AvgIpc) is 2.67. The number of hydrogen-bond donors (Lipinski definition) is 2. The molecule has 0 radical (unpaired) electrons. The minimum atomic E-state index is -0.929. The van der Waals surface area contributed by atoms with Crippen molar-refractivity contribution in [2.75, 3.05) is 13.6 Å². The largest absolute Gasteiger partial charge is 0.319 e. The van der Waals surface area contributed by atoms with E-state index < -0.39 is 11.6 Å². The Labute approximate surface area is 109 Å². The van der Waals surface area contributed by atoms with Crippen molar-refractivity contribution in [2.45, 2.75) is 6.42 Å². The van der Waals surface area contributed by atoms with Crippen LogP contribution in [0.3, 0.4) is 0 Å². The minimum Gasteiger partial charge on any atom is -0.319 e. The highest BCUT2D eigenvalue weighted by molar-refractivity contribution is 5.62. The van der Waals surface area contributed by atoms with E-state index in [0.717, 1.165) is 12.1 Å². The van der Waals surface area contributed by atoms with Crippen LogP contribution in [-0.2, 0) is 13.5 Å². The summed E-state index contributed by atoms with van der Waals surface area (Å²) in [4.78, 5) is 12.0. The van der Waals surface area contributed by atoms with Crippen LogP contribution in [0.4, 0.5) is 8.78 Å². The molecule has 0 aliphatic carbocycles. The summed E-state index contributed by atoms with van der Waals surface area (Å²) in [5.41, 5.74) is 1.39. The third kappa shape index (κ3) is 2.58. The third-order valence-electron chi connectivity index (χ3n) is 2.98. The zero-order chi connectivity index (χ0) is 14.0. The molecule has 1 aromatic heterocycles. The minimum absolute atomic E-state index is 0.157. The van der Waals surface area contributed by atoms with Gasteiger partial charge in [-0.1, -0.05) is 0 Å². The first kappa shape index (κ1) is 13.5. The highest BCUT2D eigenvalue weighted by atomic mass is 19.2. The van der Waals surface area contributed by atoms with Gasteiger partial charge in [-0.15, -0.1) is 0 Å². The number of rotatable bonds is 4. The smallest absolute Gasteiger partial charge is 0.270 e. The lowest BCUT2D eigenvalue weighted by molar-refractivity contribution is 0.509. The third-order valence-corrected chi connectivity index (χ3v) is 2.98. The van der Waals surface area contributed by atoms with Gasteiger partial charge >= 0.3 is 0 Å². The van der Waals surface area contributed by atoms with E-state index in [2.05, 4.69) is 10.4 Å². The molecule has 1 aromatic carbocycles. The Kier molecular flexibility index (Phi) is 3.80. The first-order valence-electron chi connectivity index (χ1n) is 5.92. The summed E-state index contributed by atoms with van der Waals surface area (Å²) in [6.07, 6.45) is 0.515. The monoisotopic (exact) mass is 267 g/mol. The number of aromatic nitrogens is 2. The molecule has 0 saturated carbocycles. The first-order valence-corrected chi connectivity index (χ1v) is 5.92. The topological polar surface area (TPSA) is 49.8 Å². The van der Waals surface area contributed by atoms with Gasteiger partial charge in [-0.25, -0.2) is 8.78 Å². The van der Waals surface area contributed by atoms with Crippen molar-refractivity contribution >= 4 is 0 Å². The fourth-order valence-electron chi connectivity index (χ4n) is 1.97. The molecule has 0 amide bonds. The van der Waals surface area contributed by atoms with Gasteiger partial charge in [0, 0.05) is 18.2 Å². The Bertz CT molecular complexity index is 646. The molecule has 0 aliphatic rings. The predicted molar refractivity (Wildman–Crippen MR) is 69.0 cm³/mol. The van der Waals surface area contributed by atoms with Crippen LogP contribution in [0.2, 0.25) is 0 Å². The molecule has 2 rings (SSSR count). The zero-order valence-corrected chi connectivity index (χ0v) is 10.8. The summed E-state index contributed by atoms with van der Waals surface area (Å²) in [5, 5.41) is 5.83. The number of benzene rings is 1. The average molecular weight is 267 g/mol. The van der Waals surface area contributed by atoms with Crippen molar-refractivity contribution in [3.63, 3.8) is 0 Å². The normalized spacial score (nSPS) is 10.9. The second-order valence-electron chi connectivity index (χ2n) is 4.31. The number of H-pyrrole nitrogens is 1. The van der Waals surface area contributed by atoms with Crippen LogP contribution >= 0.6 is 0 Å². The Morgan fingerprint density at radius 3 is 2.68 bits per heavy atom. The Morgan fingerprint density at radius 1 is 1.32 bits per heavy atom. The molecule has 102 valence electrons. The van der Waals surface area contributed by atoms with Crippen molar-refractivity contribution in [3.8, 4) is 11.3 Å². The quantitative estimate of drug-likeness (QED) is 0.880. The number of nitrogens with zero attached hydrogens (tertiary/aromatic N) is 1. The number of nitrogens with one attached hydrogen (secondary N) is 2. The van der Waals surface area contributed by atoms with Crippen LogP contribution < -0.4 is 10.9 Å². The van der Waals surface area contributed by atoms with Crippen molar-refractivity contribution in [2.24, 2.45) is 7.05 Å². The van der Waals surface area contributed by atoms with Gasteiger partial charge in [0.25, 0.3) is 5.56 Å². The highest BCUT2D eigenvalue weighted by Crippen LogP contribution is 2.22. The standard InChI is InChI=1S/C13H15F2N3O/c1-16-6-5-9-12(17-18(2)13(9)19)8-3-4-10(14)11(15)7-8/h3-4,7,16-17H,5-6H2,1-2H3. The van der Waals surface area contributed by atoms with E-state index in [1.165, 1.54) is 10.7 Å². The molecule has 4 nitrogen and oxygen atoms in total.